The first-order chi connectivity index (χ1) is 21.6. The molecule has 0 spiro atoms. The van der Waals surface area contributed by atoms with Crippen molar-refractivity contribution in [2.45, 2.75) is 57.1 Å². The number of ether oxygens (including phenoxy) is 2. The van der Waals surface area contributed by atoms with Crippen LogP contribution in [-0.4, -0.2) is 70.1 Å². The number of nitrogens with zero attached hydrogens (tertiary/aromatic N) is 3. The van der Waals surface area contributed by atoms with Crippen molar-refractivity contribution in [2.24, 2.45) is 17.8 Å². The number of aryl methyl sites for hydroxylation is 1. The van der Waals surface area contributed by atoms with Crippen molar-refractivity contribution in [3.05, 3.63) is 59.9 Å². The van der Waals surface area contributed by atoms with Crippen molar-refractivity contribution in [1.82, 2.24) is 20.2 Å². The van der Waals surface area contributed by atoms with E-state index < -0.39 is 41.2 Å². The first kappa shape index (κ1) is 30.5. The van der Waals surface area contributed by atoms with E-state index in [1.165, 1.54) is 12.1 Å². The third-order valence-electron chi connectivity index (χ3n) is 9.39. The number of aromatic nitrogens is 2. The Hall–Kier alpha value is -4.54. The van der Waals surface area contributed by atoms with Gasteiger partial charge in [-0.15, -0.1) is 0 Å². The van der Waals surface area contributed by atoms with E-state index in [-0.39, 0.29) is 36.4 Å². The van der Waals surface area contributed by atoms with Crippen LogP contribution < -0.4 is 14.8 Å². The number of amides is 2. The fourth-order valence-corrected chi connectivity index (χ4v) is 6.70. The van der Waals surface area contributed by atoms with Crippen LogP contribution in [0, 0.1) is 30.5 Å². The number of benzene rings is 2. The monoisotopic (exact) mass is 616 g/mol. The molecule has 3 aromatic rings. The van der Waals surface area contributed by atoms with Crippen LogP contribution >= 0.6 is 0 Å². The fraction of sp³-hybridized carbons (Fsp3) is 0.441. The number of nitrogens with one attached hydrogen (secondary N) is 1. The summed E-state index contributed by atoms with van der Waals surface area (Å²) < 4.78 is 26.2. The summed E-state index contributed by atoms with van der Waals surface area (Å²) in [6, 6.07) is 9.55. The van der Waals surface area contributed by atoms with Gasteiger partial charge in [-0.25, -0.2) is 14.2 Å². The Kier molecular flexibility index (Phi) is 8.20. The molecular weight excluding hydrogens is 579 g/mol. The van der Waals surface area contributed by atoms with Gasteiger partial charge < -0.3 is 24.8 Å². The van der Waals surface area contributed by atoms with E-state index >= 15 is 0 Å². The molecule has 2 aromatic carbocycles. The summed E-state index contributed by atoms with van der Waals surface area (Å²) in [5.74, 6) is -2.78. The Labute approximate surface area is 260 Å². The molecule has 6 rings (SSSR count). The Bertz CT molecular complexity index is 1690. The summed E-state index contributed by atoms with van der Waals surface area (Å²) >= 11 is 0. The zero-order valence-corrected chi connectivity index (χ0v) is 25.6. The number of methoxy groups -OCH3 is 1. The zero-order chi connectivity index (χ0) is 31.9. The lowest BCUT2D eigenvalue weighted by molar-refractivity contribution is -0.145. The second kappa shape index (κ2) is 12.1. The lowest BCUT2D eigenvalue weighted by Gasteiger charge is -2.26. The summed E-state index contributed by atoms with van der Waals surface area (Å²) in [6.07, 6.45) is 6.49. The van der Waals surface area contributed by atoms with E-state index in [2.05, 4.69) is 10.3 Å². The zero-order valence-electron chi connectivity index (χ0n) is 25.6. The standard InChI is InChI=1S/C34H37FN4O6/c1-19-27(44-3)13-12-24-28(19)36-29(20-9-8-11-22(35)15-20)37-31(24)45-23-16-25-26(17-23)32(41)39(2)14-7-5-4-6-10-21-18-34(21,33(42)43)38-30(25)40/h6,8-13,15,21,23,25-26H,4-5,7,14,16-18H2,1-3H3,(H,38,40)(H,42,43)/b10-6-/t21-,23+,25+,26+,34+/m0/s1. The highest BCUT2D eigenvalue weighted by atomic mass is 19.1. The first-order valence-corrected chi connectivity index (χ1v) is 15.4. The largest absolute Gasteiger partial charge is 0.496 e. The van der Waals surface area contributed by atoms with Gasteiger partial charge in [0.1, 0.15) is 23.2 Å². The second-order valence-electron chi connectivity index (χ2n) is 12.3. The molecule has 236 valence electrons. The van der Waals surface area contributed by atoms with Gasteiger partial charge in [0.25, 0.3) is 0 Å². The number of aliphatic carboxylic acids is 1. The van der Waals surface area contributed by atoms with Gasteiger partial charge in [0, 0.05) is 30.6 Å². The maximum Gasteiger partial charge on any atom is 0.330 e. The lowest BCUT2D eigenvalue weighted by atomic mass is 9.93. The molecule has 0 unspecified atom stereocenters. The predicted octanol–water partition coefficient (Wildman–Crippen LogP) is 4.68. The van der Waals surface area contributed by atoms with Crippen LogP contribution in [0.3, 0.4) is 0 Å². The van der Waals surface area contributed by atoms with Crippen LogP contribution in [0.2, 0.25) is 0 Å². The molecule has 45 heavy (non-hydrogen) atoms. The van der Waals surface area contributed by atoms with Gasteiger partial charge in [-0.05, 0) is 69.7 Å². The minimum atomic E-state index is -1.37. The van der Waals surface area contributed by atoms with Gasteiger partial charge in [-0.1, -0.05) is 24.3 Å². The highest BCUT2D eigenvalue weighted by molar-refractivity contribution is 5.94. The SMILES string of the molecule is COc1ccc2c(O[C@@H]3C[C@H]4C(=O)N[C@]5(C(=O)O)C[C@@H]5/C=C\CCCCN(C)C(=O)[C@@H]4C3)nc(-c3cccc(F)c3)nc2c1C. The van der Waals surface area contributed by atoms with Gasteiger partial charge in [-0.3, -0.25) is 9.59 Å². The number of carbonyl (C=O) groups is 3. The number of fused-ring (bicyclic) bond motifs is 3. The number of halogens is 1. The molecule has 10 nitrogen and oxygen atoms in total. The quantitative estimate of drug-likeness (QED) is 0.395. The third kappa shape index (κ3) is 5.83. The maximum atomic E-state index is 14.2. The molecule has 0 radical (unpaired) electrons. The minimum Gasteiger partial charge on any atom is -0.496 e. The van der Waals surface area contributed by atoms with Crippen molar-refractivity contribution in [3.8, 4) is 23.0 Å². The second-order valence-corrected chi connectivity index (χ2v) is 12.3. The van der Waals surface area contributed by atoms with Crippen molar-refractivity contribution in [3.63, 3.8) is 0 Å². The molecular formula is C34H37FN4O6. The molecule has 2 saturated carbocycles. The molecule has 0 saturated heterocycles. The van der Waals surface area contributed by atoms with Crippen LogP contribution in [0.4, 0.5) is 4.39 Å². The number of hydrogen-bond donors (Lipinski definition) is 2. The molecule has 2 N–H and O–H groups in total. The normalized spacial score (nSPS) is 27.6. The number of carboxylic acid groups (broad SMARTS) is 1. The Morgan fingerprint density at radius 1 is 1.13 bits per heavy atom. The maximum absolute atomic E-state index is 14.2. The molecule has 2 amide bonds. The van der Waals surface area contributed by atoms with Gasteiger partial charge in [0.05, 0.1) is 29.8 Å². The van der Waals surface area contributed by atoms with Crippen molar-refractivity contribution >= 4 is 28.7 Å². The summed E-state index contributed by atoms with van der Waals surface area (Å²) in [5.41, 5.74) is 0.421. The summed E-state index contributed by atoms with van der Waals surface area (Å²) in [7, 11) is 3.31. The van der Waals surface area contributed by atoms with Crippen LogP contribution in [-0.2, 0) is 14.4 Å². The average Bonchev–Trinajstić information content (AvgIpc) is 3.56. The van der Waals surface area contributed by atoms with Crippen LogP contribution in [0.25, 0.3) is 22.3 Å². The lowest BCUT2D eigenvalue weighted by Crippen LogP contribution is -2.49. The smallest absolute Gasteiger partial charge is 0.330 e. The number of rotatable bonds is 5. The molecule has 2 fully saturated rings. The topological polar surface area (TPSA) is 131 Å². The summed E-state index contributed by atoms with van der Waals surface area (Å²) in [6.45, 7) is 2.42. The van der Waals surface area contributed by atoms with Gasteiger partial charge in [-0.2, -0.15) is 4.98 Å². The molecule has 1 aliphatic heterocycles. The average molecular weight is 617 g/mol. The van der Waals surface area contributed by atoms with Crippen molar-refractivity contribution in [2.75, 3.05) is 20.7 Å². The predicted molar refractivity (Wildman–Crippen MR) is 164 cm³/mol. The van der Waals surface area contributed by atoms with E-state index in [9.17, 15) is 23.9 Å². The molecule has 2 heterocycles. The number of hydrogen-bond acceptors (Lipinski definition) is 7. The van der Waals surface area contributed by atoms with Crippen LogP contribution in [0.15, 0.2) is 48.6 Å². The van der Waals surface area contributed by atoms with Crippen molar-refractivity contribution < 1.29 is 33.4 Å². The Morgan fingerprint density at radius 2 is 1.93 bits per heavy atom. The molecule has 1 aromatic heterocycles. The highest BCUT2D eigenvalue weighted by Crippen LogP contribution is 2.46. The highest BCUT2D eigenvalue weighted by Gasteiger charge is 2.61. The first-order valence-electron chi connectivity index (χ1n) is 15.4. The summed E-state index contributed by atoms with van der Waals surface area (Å²) in [4.78, 5) is 50.9. The number of carboxylic acids is 1. The molecule has 0 bridgehead atoms. The van der Waals surface area contributed by atoms with Crippen LogP contribution in [0.5, 0.6) is 11.6 Å². The van der Waals surface area contributed by atoms with Gasteiger partial charge in [0.2, 0.25) is 17.7 Å². The van der Waals surface area contributed by atoms with E-state index in [1.807, 2.05) is 19.1 Å². The fourth-order valence-electron chi connectivity index (χ4n) is 6.70. The Morgan fingerprint density at radius 3 is 2.69 bits per heavy atom. The van der Waals surface area contributed by atoms with Crippen LogP contribution in [0.1, 0.15) is 44.1 Å². The van der Waals surface area contributed by atoms with Crippen molar-refractivity contribution in [1.29, 1.82) is 0 Å². The van der Waals surface area contributed by atoms with Gasteiger partial charge in [0.15, 0.2) is 5.82 Å². The van der Waals surface area contributed by atoms with E-state index in [0.29, 0.717) is 35.2 Å². The third-order valence-corrected chi connectivity index (χ3v) is 9.39. The minimum absolute atomic E-state index is 0.167. The van der Waals surface area contributed by atoms with Gasteiger partial charge >= 0.3 is 5.97 Å². The molecule has 5 atom stereocenters. The van der Waals surface area contributed by atoms with E-state index in [1.54, 1.807) is 43.3 Å². The summed E-state index contributed by atoms with van der Waals surface area (Å²) in [5, 5.41) is 13.5. The molecule has 11 heteroatoms. The Balaban J connectivity index is 1.35. The van der Waals surface area contributed by atoms with E-state index in [4.69, 9.17) is 14.5 Å². The molecule has 3 aliphatic rings. The number of carbonyl (C=O) groups excluding carboxylic acids is 2. The molecule has 2 aliphatic carbocycles. The van der Waals surface area contributed by atoms with E-state index in [0.717, 1.165) is 24.8 Å². The number of allylic oxidation sites excluding steroid dienone is 1.